The average molecular weight is 305 g/mol. The molecule has 0 fully saturated rings. The van der Waals surface area contributed by atoms with Gasteiger partial charge in [0.2, 0.25) is 0 Å². The Kier molecular flexibility index (Phi) is 4.59. The lowest BCUT2D eigenvalue weighted by molar-refractivity contribution is 0.0972. The summed E-state index contributed by atoms with van der Waals surface area (Å²) in [6.45, 7) is 8.10. The highest BCUT2D eigenvalue weighted by Crippen LogP contribution is 2.29. The molecule has 1 aliphatic heterocycles. The molecular formula is C16H23N3O3. The highest BCUT2D eigenvalue weighted by Gasteiger charge is 2.23. The van der Waals surface area contributed by atoms with Crippen molar-refractivity contribution in [2.24, 2.45) is 11.1 Å². The lowest BCUT2D eigenvalue weighted by Crippen LogP contribution is -2.42. The molecule has 6 heteroatoms. The monoisotopic (exact) mass is 305 g/mol. The van der Waals surface area contributed by atoms with Crippen LogP contribution >= 0.6 is 0 Å². The van der Waals surface area contributed by atoms with Gasteiger partial charge in [-0.1, -0.05) is 32.4 Å². The molecule has 1 aliphatic rings. The average Bonchev–Trinajstić information content (AvgIpc) is 2.93. The first kappa shape index (κ1) is 16.1. The van der Waals surface area contributed by atoms with Crippen LogP contribution in [-0.4, -0.2) is 29.9 Å². The number of amides is 3. The van der Waals surface area contributed by atoms with Crippen LogP contribution in [0.15, 0.2) is 28.2 Å². The number of furan rings is 1. The molecular weight excluding hydrogens is 282 g/mol. The number of urea groups is 1. The van der Waals surface area contributed by atoms with Crippen LogP contribution in [0.1, 0.15) is 43.5 Å². The van der Waals surface area contributed by atoms with Crippen LogP contribution in [0.2, 0.25) is 0 Å². The zero-order valence-corrected chi connectivity index (χ0v) is 13.3. The van der Waals surface area contributed by atoms with Gasteiger partial charge in [0.05, 0.1) is 6.54 Å². The van der Waals surface area contributed by atoms with E-state index in [-0.39, 0.29) is 23.8 Å². The van der Waals surface area contributed by atoms with Gasteiger partial charge in [0.25, 0.3) is 5.91 Å². The van der Waals surface area contributed by atoms with Crippen molar-refractivity contribution in [3.63, 3.8) is 0 Å². The summed E-state index contributed by atoms with van der Waals surface area (Å²) < 4.78 is 5.22. The summed E-state index contributed by atoms with van der Waals surface area (Å²) >= 11 is 0. The number of hydrogen-bond acceptors (Lipinski definition) is 3. The van der Waals surface area contributed by atoms with Gasteiger partial charge in [-0.3, -0.25) is 4.79 Å². The molecule has 2 rings (SSSR count). The van der Waals surface area contributed by atoms with E-state index in [1.165, 1.54) is 11.6 Å². The standard InChI is InChI=1S/C16H23N3O3/c1-16(2,3)11-6-8-19(9-7-11)15(21)18-10-12-4-5-13(22-12)14(17)20/h4-6H,7-10H2,1-3H3,(H2,17,20)(H,18,21). The van der Waals surface area contributed by atoms with Crippen LogP contribution in [-0.2, 0) is 6.54 Å². The van der Waals surface area contributed by atoms with Gasteiger partial charge in [-0.2, -0.15) is 0 Å². The second-order valence-electron chi connectivity index (χ2n) is 6.46. The Hall–Kier alpha value is -2.24. The molecule has 0 radical (unpaired) electrons. The van der Waals surface area contributed by atoms with E-state index in [0.29, 0.717) is 18.8 Å². The third-order valence-electron chi connectivity index (χ3n) is 3.78. The van der Waals surface area contributed by atoms with E-state index in [9.17, 15) is 9.59 Å². The summed E-state index contributed by atoms with van der Waals surface area (Å²) in [7, 11) is 0. The fraction of sp³-hybridized carbons (Fsp3) is 0.500. The van der Waals surface area contributed by atoms with E-state index in [1.54, 1.807) is 11.0 Å². The Labute approximate surface area is 130 Å². The molecule has 1 aromatic rings. The van der Waals surface area contributed by atoms with Crippen molar-refractivity contribution in [1.82, 2.24) is 10.2 Å². The molecule has 120 valence electrons. The number of primary amides is 1. The molecule has 3 N–H and O–H groups in total. The molecule has 0 spiro atoms. The number of hydrogen-bond donors (Lipinski definition) is 2. The number of carbonyl (C=O) groups excluding carboxylic acids is 2. The molecule has 0 aliphatic carbocycles. The molecule has 0 saturated heterocycles. The summed E-state index contributed by atoms with van der Waals surface area (Å²) in [4.78, 5) is 24.8. The van der Waals surface area contributed by atoms with E-state index in [2.05, 4.69) is 32.2 Å². The number of rotatable bonds is 3. The molecule has 22 heavy (non-hydrogen) atoms. The summed E-state index contributed by atoms with van der Waals surface area (Å²) in [6, 6.07) is 3.00. The fourth-order valence-electron chi connectivity index (χ4n) is 2.41. The van der Waals surface area contributed by atoms with Crippen LogP contribution in [0.25, 0.3) is 0 Å². The first-order valence-electron chi connectivity index (χ1n) is 7.38. The Balaban J connectivity index is 1.86. The third-order valence-corrected chi connectivity index (χ3v) is 3.78. The molecule has 0 aromatic carbocycles. The summed E-state index contributed by atoms with van der Waals surface area (Å²) in [5, 5.41) is 2.79. The zero-order valence-electron chi connectivity index (χ0n) is 13.3. The third kappa shape index (κ3) is 3.90. The van der Waals surface area contributed by atoms with E-state index < -0.39 is 5.91 Å². The highest BCUT2D eigenvalue weighted by molar-refractivity contribution is 5.89. The molecule has 6 nitrogen and oxygen atoms in total. The largest absolute Gasteiger partial charge is 0.454 e. The van der Waals surface area contributed by atoms with Gasteiger partial charge < -0.3 is 20.4 Å². The van der Waals surface area contributed by atoms with Crippen molar-refractivity contribution in [3.05, 3.63) is 35.3 Å². The van der Waals surface area contributed by atoms with E-state index in [4.69, 9.17) is 10.2 Å². The normalized spacial score (nSPS) is 15.4. The van der Waals surface area contributed by atoms with Gasteiger partial charge in [-0.15, -0.1) is 0 Å². The predicted octanol–water partition coefficient (Wildman–Crippen LogP) is 2.27. The molecule has 1 aromatic heterocycles. The maximum absolute atomic E-state index is 12.1. The van der Waals surface area contributed by atoms with Crippen LogP contribution in [0.4, 0.5) is 4.79 Å². The van der Waals surface area contributed by atoms with Crippen LogP contribution in [0, 0.1) is 5.41 Å². The van der Waals surface area contributed by atoms with Crippen LogP contribution in [0.5, 0.6) is 0 Å². The zero-order chi connectivity index (χ0) is 16.3. The Bertz CT molecular complexity index is 596. The van der Waals surface area contributed by atoms with E-state index >= 15 is 0 Å². The Morgan fingerprint density at radius 3 is 2.59 bits per heavy atom. The highest BCUT2D eigenvalue weighted by atomic mass is 16.4. The van der Waals surface area contributed by atoms with Crippen molar-refractivity contribution < 1.29 is 14.0 Å². The van der Waals surface area contributed by atoms with Gasteiger partial charge in [0, 0.05) is 13.1 Å². The number of nitrogens with one attached hydrogen (secondary N) is 1. The fourth-order valence-corrected chi connectivity index (χ4v) is 2.41. The Morgan fingerprint density at radius 1 is 1.36 bits per heavy atom. The van der Waals surface area contributed by atoms with E-state index in [0.717, 1.165) is 6.42 Å². The lowest BCUT2D eigenvalue weighted by atomic mass is 9.83. The topological polar surface area (TPSA) is 88.6 Å². The van der Waals surface area contributed by atoms with Crippen LogP contribution in [0.3, 0.4) is 0 Å². The molecule has 0 saturated carbocycles. The SMILES string of the molecule is CC(C)(C)C1=CCN(C(=O)NCc2ccc(C(N)=O)o2)CC1. The molecule has 0 atom stereocenters. The van der Waals surface area contributed by atoms with Gasteiger partial charge in [0.1, 0.15) is 5.76 Å². The van der Waals surface area contributed by atoms with Gasteiger partial charge in [-0.25, -0.2) is 4.79 Å². The summed E-state index contributed by atoms with van der Waals surface area (Å²) in [5.41, 5.74) is 6.65. The van der Waals surface area contributed by atoms with Crippen molar-refractivity contribution in [2.75, 3.05) is 13.1 Å². The van der Waals surface area contributed by atoms with E-state index in [1.807, 2.05) is 0 Å². The number of nitrogens with two attached hydrogens (primary N) is 1. The lowest BCUT2D eigenvalue weighted by Gasteiger charge is -2.32. The van der Waals surface area contributed by atoms with Crippen molar-refractivity contribution >= 4 is 11.9 Å². The quantitative estimate of drug-likeness (QED) is 0.840. The molecule has 2 heterocycles. The minimum Gasteiger partial charge on any atom is -0.454 e. The molecule has 3 amide bonds. The minimum absolute atomic E-state index is 0.0972. The molecule has 0 bridgehead atoms. The maximum atomic E-state index is 12.1. The summed E-state index contributed by atoms with van der Waals surface area (Å²) in [6.07, 6.45) is 3.02. The predicted molar refractivity (Wildman–Crippen MR) is 83.2 cm³/mol. The first-order valence-corrected chi connectivity index (χ1v) is 7.38. The Morgan fingerprint density at radius 2 is 2.09 bits per heavy atom. The second-order valence-corrected chi connectivity index (χ2v) is 6.46. The van der Waals surface area contributed by atoms with Gasteiger partial charge in [-0.05, 0) is 24.0 Å². The second kappa shape index (κ2) is 6.25. The summed E-state index contributed by atoms with van der Waals surface area (Å²) in [5.74, 6) is -0.0153. The van der Waals surface area contributed by atoms with Crippen LogP contribution < -0.4 is 11.1 Å². The first-order chi connectivity index (χ1) is 10.3. The maximum Gasteiger partial charge on any atom is 0.318 e. The minimum atomic E-state index is -0.617. The smallest absolute Gasteiger partial charge is 0.318 e. The van der Waals surface area contributed by atoms with Crippen molar-refractivity contribution in [3.8, 4) is 0 Å². The van der Waals surface area contributed by atoms with Gasteiger partial charge >= 0.3 is 6.03 Å². The van der Waals surface area contributed by atoms with Crippen molar-refractivity contribution in [2.45, 2.75) is 33.7 Å². The van der Waals surface area contributed by atoms with Crippen molar-refractivity contribution in [1.29, 1.82) is 0 Å². The number of nitrogens with zero attached hydrogens (tertiary/aromatic N) is 1. The van der Waals surface area contributed by atoms with Gasteiger partial charge in [0.15, 0.2) is 5.76 Å². The molecule has 0 unspecified atom stereocenters. The number of carbonyl (C=O) groups is 2.